The molecule has 0 fully saturated rings. The third-order valence-electron chi connectivity index (χ3n) is 3.22. The average molecular weight is 284 g/mol. The number of rotatable bonds is 5. The molecule has 4 nitrogen and oxygen atoms in total. The van der Waals surface area contributed by atoms with Gasteiger partial charge in [-0.05, 0) is 30.5 Å². The number of carbonyl (C=O) groups excluding carboxylic acids is 1. The van der Waals surface area contributed by atoms with Gasteiger partial charge in [-0.1, -0.05) is 24.3 Å². The van der Waals surface area contributed by atoms with Crippen molar-refractivity contribution in [2.75, 3.05) is 7.11 Å². The lowest BCUT2D eigenvalue weighted by Gasteiger charge is -2.12. The number of nitrogens with one attached hydrogen (secondary N) is 1. The lowest BCUT2D eigenvalue weighted by Crippen LogP contribution is -2.31. The summed E-state index contributed by atoms with van der Waals surface area (Å²) in [5.41, 5.74) is 3.36. The van der Waals surface area contributed by atoms with Gasteiger partial charge in [-0.2, -0.15) is 0 Å². The second kappa shape index (κ2) is 6.88. The number of hydrogen-bond acceptors (Lipinski definition) is 3. The Morgan fingerprint density at radius 2 is 1.86 bits per heavy atom. The minimum absolute atomic E-state index is 0.00317. The molecule has 0 spiro atoms. The molecule has 0 aliphatic carbocycles. The molecule has 110 valence electrons. The number of amides is 1. The molecule has 0 aliphatic heterocycles. The number of hydrogen-bond donors (Lipinski definition) is 1. The molecule has 1 aromatic heterocycles. The Hall–Kier alpha value is -2.36. The molecule has 1 heterocycles. The van der Waals surface area contributed by atoms with Gasteiger partial charge in [-0.15, -0.1) is 0 Å². The molecule has 1 amide bonds. The van der Waals surface area contributed by atoms with E-state index in [0.717, 1.165) is 17.5 Å². The van der Waals surface area contributed by atoms with Gasteiger partial charge in [-0.25, -0.2) is 4.98 Å². The first-order valence-electron chi connectivity index (χ1n) is 6.95. The molecule has 1 unspecified atom stereocenters. The summed E-state index contributed by atoms with van der Waals surface area (Å²) in [7, 11) is 1.60. The molecule has 0 radical (unpaired) electrons. The van der Waals surface area contributed by atoms with E-state index in [-0.39, 0.29) is 11.9 Å². The molecular weight excluding hydrogens is 264 g/mol. The summed E-state index contributed by atoms with van der Waals surface area (Å²) in [5, 5.41) is 2.89. The fourth-order valence-electron chi connectivity index (χ4n) is 2.26. The third kappa shape index (κ3) is 4.31. The van der Waals surface area contributed by atoms with Crippen molar-refractivity contribution in [3.63, 3.8) is 0 Å². The van der Waals surface area contributed by atoms with Crippen LogP contribution in [-0.4, -0.2) is 24.0 Å². The van der Waals surface area contributed by atoms with Crippen LogP contribution in [0.1, 0.15) is 19.4 Å². The Labute approximate surface area is 125 Å². The van der Waals surface area contributed by atoms with Crippen LogP contribution in [0.5, 0.6) is 5.88 Å². The van der Waals surface area contributed by atoms with Gasteiger partial charge >= 0.3 is 0 Å². The Morgan fingerprint density at radius 1 is 1.19 bits per heavy atom. The van der Waals surface area contributed by atoms with Crippen molar-refractivity contribution in [2.45, 2.75) is 26.3 Å². The van der Waals surface area contributed by atoms with Crippen molar-refractivity contribution in [3.8, 4) is 17.0 Å². The summed E-state index contributed by atoms with van der Waals surface area (Å²) < 4.78 is 5.05. The topological polar surface area (TPSA) is 51.2 Å². The van der Waals surface area contributed by atoms with E-state index < -0.39 is 0 Å². The quantitative estimate of drug-likeness (QED) is 0.918. The second-order valence-electron chi connectivity index (χ2n) is 5.09. The maximum Gasteiger partial charge on any atom is 0.217 e. The molecule has 0 saturated carbocycles. The molecule has 2 aromatic rings. The molecular formula is C17H20N2O2. The molecule has 4 heteroatoms. The van der Waals surface area contributed by atoms with Crippen LogP contribution >= 0.6 is 0 Å². The monoisotopic (exact) mass is 284 g/mol. The molecule has 0 aliphatic rings. The first kappa shape index (κ1) is 15.0. The van der Waals surface area contributed by atoms with Gasteiger partial charge in [0.1, 0.15) is 0 Å². The van der Waals surface area contributed by atoms with Crippen LogP contribution in [0.4, 0.5) is 0 Å². The van der Waals surface area contributed by atoms with Crippen molar-refractivity contribution in [2.24, 2.45) is 0 Å². The lowest BCUT2D eigenvalue weighted by molar-refractivity contribution is -0.119. The van der Waals surface area contributed by atoms with Crippen LogP contribution in [0.3, 0.4) is 0 Å². The number of methoxy groups -OCH3 is 1. The molecule has 0 bridgehead atoms. The average Bonchev–Trinajstić information content (AvgIpc) is 2.47. The van der Waals surface area contributed by atoms with Crippen LogP contribution in [0, 0.1) is 0 Å². The van der Waals surface area contributed by atoms with Gasteiger partial charge in [0.05, 0.1) is 7.11 Å². The number of pyridine rings is 1. The van der Waals surface area contributed by atoms with Crippen molar-refractivity contribution in [3.05, 3.63) is 48.2 Å². The zero-order valence-corrected chi connectivity index (χ0v) is 12.6. The van der Waals surface area contributed by atoms with Crippen LogP contribution < -0.4 is 10.1 Å². The third-order valence-corrected chi connectivity index (χ3v) is 3.22. The minimum atomic E-state index is 0.00317. The Morgan fingerprint density at radius 3 is 2.38 bits per heavy atom. The lowest BCUT2D eigenvalue weighted by atomic mass is 10.0. The number of ether oxygens (including phenoxy) is 1. The summed E-state index contributed by atoms with van der Waals surface area (Å²) in [6, 6.07) is 12.3. The molecule has 1 aromatic carbocycles. The van der Waals surface area contributed by atoms with Gasteiger partial charge in [-0.3, -0.25) is 4.79 Å². The molecule has 21 heavy (non-hydrogen) atoms. The van der Waals surface area contributed by atoms with Crippen LogP contribution in [-0.2, 0) is 11.2 Å². The van der Waals surface area contributed by atoms with Crippen molar-refractivity contribution in [1.29, 1.82) is 0 Å². The van der Waals surface area contributed by atoms with E-state index in [0.29, 0.717) is 5.88 Å². The van der Waals surface area contributed by atoms with Crippen LogP contribution in [0.25, 0.3) is 11.1 Å². The van der Waals surface area contributed by atoms with Gasteiger partial charge in [0.15, 0.2) is 0 Å². The first-order valence-corrected chi connectivity index (χ1v) is 6.95. The highest BCUT2D eigenvalue weighted by Crippen LogP contribution is 2.21. The van der Waals surface area contributed by atoms with Gasteiger partial charge in [0.25, 0.3) is 0 Å². The predicted molar refractivity (Wildman–Crippen MR) is 83.2 cm³/mol. The highest BCUT2D eigenvalue weighted by atomic mass is 16.5. The Bertz CT molecular complexity index is 591. The Kier molecular flexibility index (Phi) is 4.93. The number of benzene rings is 1. The molecule has 0 saturated heterocycles. The fraction of sp³-hybridized carbons (Fsp3) is 0.294. The zero-order valence-electron chi connectivity index (χ0n) is 12.6. The van der Waals surface area contributed by atoms with E-state index in [4.69, 9.17) is 4.74 Å². The molecule has 2 rings (SSSR count). The largest absolute Gasteiger partial charge is 0.481 e. The SMILES string of the molecule is COc1ccc(-c2ccc(CC(C)NC(C)=O)cc2)cn1. The molecule has 1 N–H and O–H groups in total. The maximum atomic E-state index is 11.0. The fourth-order valence-corrected chi connectivity index (χ4v) is 2.26. The van der Waals surface area contributed by atoms with Gasteiger partial charge in [0.2, 0.25) is 11.8 Å². The smallest absolute Gasteiger partial charge is 0.217 e. The zero-order chi connectivity index (χ0) is 15.2. The van der Waals surface area contributed by atoms with Crippen molar-refractivity contribution in [1.82, 2.24) is 10.3 Å². The van der Waals surface area contributed by atoms with E-state index in [2.05, 4.69) is 34.6 Å². The van der Waals surface area contributed by atoms with E-state index >= 15 is 0 Å². The van der Waals surface area contributed by atoms with E-state index in [1.165, 1.54) is 12.5 Å². The first-order chi connectivity index (χ1) is 10.1. The van der Waals surface area contributed by atoms with E-state index in [1.807, 2.05) is 19.1 Å². The van der Waals surface area contributed by atoms with E-state index in [9.17, 15) is 4.79 Å². The summed E-state index contributed by atoms with van der Waals surface area (Å²) in [5.74, 6) is 0.614. The summed E-state index contributed by atoms with van der Waals surface area (Å²) in [6.45, 7) is 3.54. The number of nitrogens with zero attached hydrogens (tertiary/aromatic N) is 1. The van der Waals surface area contributed by atoms with Crippen LogP contribution in [0.2, 0.25) is 0 Å². The summed E-state index contributed by atoms with van der Waals surface area (Å²) >= 11 is 0. The van der Waals surface area contributed by atoms with Gasteiger partial charge < -0.3 is 10.1 Å². The van der Waals surface area contributed by atoms with Crippen molar-refractivity contribution < 1.29 is 9.53 Å². The van der Waals surface area contributed by atoms with Crippen LogP contribution in [0.15, 0.2) is 42.6 Å². The normalized spacial score (nSPS) is 11.8. The standard InChI is InChI=1S/C17H20N2O2/c1-12(19-13(2)20)10-14-4-6-15(7-5-14)16-8-9-17(21-3)18-11-16/h4-9,11-12H,10H2,1-3H3,(H,19,20). The summed E-state index contributed by atoms with van der Waals surface area (Å²) in [4.78, 5) is 15.2. The van der Waals surface area contributed by atoms with Gasteiger partial charge in [0, 0.05) is 30.8 Å². The van der Waals surface area contributed by atoms with E-state index in [1.54, 1.807) is 13.3 Å². The predicted octanol–water partition coefficient (Wildman–Crippen LogP) is 2.82. The second-order valence-corrected chi connectivity index (χ2v) is 5.09. The number of aromatic nitrogens is 1. The number of carbonyl (C=O) groups is 1. The molecule has 1 atom stereocenters. The minimum Gasteiger partial charge on any atom is -0.481 e. The Balaban J connectivity index is 2.05. The highest BCUT2D eigenvalue weighted by Gasteiger charge is 2.05. The maximum absolute atomic E-state index is 11.0. The van der Waals surface area contributed by atoms with Crippen molar-refractivity contribution >= 4 is 5.91 Å². The highest BCUT2D eigenvalue weighted by molar-refractivity contribution is 5.73. The summed E-state index contributed by atoms with van der Waals surface area (Å²) in [6.07, 6.45) is 2.62.